The molecule has 1 spiro atoms. The van der Waals surface area contributed by atoms with Crippen LogP contribution in [0.1, 0.15) is 17.3 Å². The second-order valence-corrected chi connectivity index (χ2v) is 10.5. The summed E-state index contributed by atoms with van der Waals surface area (Å²) in [5.41, 5.74) is 2.68. The number of methoxy groups -OCH3 is 1. The van der Waals surface area contributed by atoms with Crippen LogP contribution in [0.3, 0.4) is 0 Å². The lowest BCUT2D eigenvalue weighted by atomic mass is 9.71. The molecule has 2 aliphatic heterocycles. The fourth-order valence-corrected chi connectivity index (χ4v) is 7.19. The first-order chi connectivity index (χ1) is 13.5. The average molecular weight is 420 g/mol. The molecule has 2 aromatic heterocycles. The van der Waals surface area contributed by atoms with E-state index in [1.165, 1.54) is 11.3 Å². The third-order valence-corrected chi connectivity index (χ3v) is 8.99. The Kier molecular flexibility index (Phi) is 4.08. The van der Waals surface area contributed by atoms with Crippen LogP contribution >= 0.6 is 11.3 Å². The average Bonchev–Trinajstić information content (AvgIpc) is 3.33. The van der Waals surface area contributed by atoms with Gasteiger partial charge in [-0.2, -0.15) is 4.31 Å². The first-order valence-electron chi connectivity index (χ1n) is 9.06. The van der Waals surface area contributed by atoms with E-state index in [9.17, 15) is 13.5 Å². The van der Waals surface area contributed by atoms with E-state index < -0.39 is 10.0 Å². The number of thiophene rings is 1. The summed E-state index contributed by atoms with van der Waals surface area (Å²) in [5, 5.41) is 16.0. The molecule has 0 aliphatic carbocycles. The predicted molar refractivity (Wildman–Crippen MR) is 107 cm³/mol. The van der Waals surface area contributed by atoms with Crippen LogP contribution in [0.2, 0.25) is 0 Å². The summed E-state index contributed by atoms with van der Waals surface area (Å²) >= 11 is 1.24. The maximum Gasteiger partial charge on any atom is 0.252 e. The van der Waals surface area contributed by atoms with Gasteiger partial charge in [0, 0.05) is 47.7 Å². The summed E-state index contributed by atoms with van der Waals surface area (Å²) in [6.07, 6.45) is 0. The van der Waals surface area contributed by atoms with Crippen LogP contribution in [-0.4, -0.2) is 56.2 Å². The molecule has 9 heteroatoms. The van der Waals surface area contributed by atoms with Crippen molar-refractivity contribution in [2.24, 2.45) is 0 Å². The van der Waals surface area contributed by atoms with Crippen LogP contribution in [-0.2, 0) is 15.4 Å². The van der Waals surface area contributed by atoms with Gasteiger partial charge in [-0.25, -0.2) is 8.42 Å². The van der Waals surface area contributed by atoms with Crippen molar-refractivity contribution in [2.45, 2.75) is 15.7 Å². The molecule has 2 aliphatic rings. The Hall–Kier alpha value is -1.91. The first-order valence-corrected chi connectivity index (χ1v) is 11.4. The maximum atomic E-state index is 12.9. The number of hydrogen-bond acceptors (Lipinski definition) is 6. The minimum atomic E-state index is -3.46. The summed E-state index contributed by atoms with van der Waals surface area (Å²) in [6, 6.07) is 9.08. The van der Waals surface area contributed by atoms with Crippen molar-refractivity contribution in [1.29, 1.82) is 0 Å². The van der Waals surface area contributed by atoms with Crippen molar-refractivity contribution >= 4 is 32.3 Å². The molecule has 0 saturated carbocycles. The summed E-state index contributed by atoms with van der Waals surface area (Å²) in [5.74, 6) is 0.754. The Balaban J connectivity index is 1.57. The number of nitrogens with zero attached hydrogens (tertiary/aromatic N) is 1. The second-order valence-electron chi connectivity index (χ2n) is 7.43. The van der Waals surface area contributed by atoms with Crippen molar-refractivity contribution in [2.75, 3.05) is 33.4 Å². The fourth-order valence-electron chi connectivity index (χ4n) is 4.43. The zero-order valence-electron chi connectivity index (χ0n) is 15.3. The standard InChI is InChI=1S/C19H21N3O4S2/c1-26-12-4-5-13-14(7-12)21-18-15(8-23)20-9-19(17(13)18)10-22(11-19)28(24,25)16-3-2-6-27-16/h2-7,15,20-21,23H,8-11H2,1H3/t15-/m0/s1. The van der Waals surface area contributed by atoms with Crippen LogP contribution in [0, 0.1) is 0 Å². The molecule has 1 fully saturated rings. The molecule has 1 atom stereocenters. The third kappa shape index (κ3) is 2.47. The number of nitrogens with one attached hydrogen (secondary N) is 2. The van der Waals surface area contributed by atoms with Gasteiger partial charge in [0.15, 0.2) is 0 Å². The van der Waals surface area contributed by atoms with Crippen LogP contribution in [0.25, 0.3) is 10.9 Å². The van der Waals surface area contributed by atoms with Crippen LogP contribution in [0.5, 0.6) is 5.75 Å². The van der Waals surface area contributed by atoms with E-state index in [4.69, 9.17) is 4.74 Å². The molecule has 0 unspecified atom stereocenters. The summed E-state index contributed by atoms with van der Waals surface area (Å²) in [7, 11) is -1.83. The van der Waals surface area contributed by atoms with E-state index in [0.717, 1.165) is 27.9 Å². The van der Waals surface area contributed by atoms with Gasteiger partial charge in [-0.3, -0.25) is 0 Å². The summed E-state index contributed by atoms with van der Waals surface area (Å²) in [6.45, 7) is 1.44. The molecule has 148 valence electrons. The van der Waals surface area contributed by atoms with Gasteiger partial charge < -0.3 is 20.1 Å². The zero-order valence-corrected chi connectivity index (χ0v) is 16.9. The summed E-state index contributed by atoms with van der Waals surface area (Å²) in [4.78, 5) is 3.43. The Morgan fingerprint density at radius 3 is 2.86 bits per heavy atom. The molecule has 28 heavy (non-hydrogen) atoms. The van der Waals surface area contributed by atoms with Gasteiger partial charge in [-0.15, -0.1) is 11.3 Å². The molecule has 3 N–H and O–H groups in total. The second kappa shape index (κ2) is 6.30. The van der Waals surface area contributed by atoms with Gasteiger partial charge >= 0.3 is 0 Å². The normalized spacial score (nSPS) is 21.6. The number of fused-ring (bicyclic) bond motifs is 4. The van der Waals surface area contributed by atoms with E-state index in [1.807, 2.05) is 18.2 Å². The van der Waals surface area contributed by atoms with E-state index in [-0.39, 0.29) is 18.1 Å². The Morgan fingerprint density at radius 2 is 2.18 bits per heavy atom. The van der Waals surface area contributed by atoms with Gasteiger partial charge in [0.05, 0.1) is 19.8 Å². The lowest BCUT2D eigenvalue weighted by Gasteiger charge is -2.52. The Bertz CT molecular complexity index is 1130. The van der Waals surface area contributed by atoms with Crippen LogP contribution in [0.4, 0.5) is 0 Å². The highest BCUT2D eigenvalue weighted by atomic mass is 32.2. The highest BCUT2D eigenvalue weighted by Crippen LogP contribution is 2.47. The Morgan fingerprint density at radius 1 is 1.36 bits per heavy atom. The molecule has 0 bridgehead atoms. The number of rotatable bonds is 4. The maximum absolute atomic E-state index is 12.9. The van der Waals surface area contributed by atoms with E-state index >= 15 is 0 Å². The minimum Gasteiger partial charge on any atom is -0.497 e. The third-order valence-electron chi connectivity index (χ3n) is 5.83. The lowest BCUT2D eigenvalue weighted by molar-refractivity contribution is 0.122. The zero-order chi connectivity index (χ0) is 19.5. The number of aliphatic hydroxyl groups excluding tert-OH is 1. The number of ether oxygens (including phenoxy) is 1. The molecule has 0 radical (unpaired) electrons. The molecular weight excluding hydrogens is 398 g/mol. The number of hydrogen-bond donors (Lipinski definition) is 3. The SMILES string of the molecule is COc1ccc2c3c([nH]c2c1)[C@H](CO)NCC31CN(S(=O)(=O)c2cccs2)C1. The van der Waals surface area contributed by atoms with Crippen molar-refractivity contribution in [1.82, 2.24) is 14.6 Å². The van der Waals surface area contributed by atoms with E-state index in [2.05, 4.69) is 10.3 Å². The minimum absolute atomic E-state index is 0.0236. The van der Waals surface area contributed by atoms with Crippen molar-refractivity contribution < 1.29 is 18.3 Å². The van der Waals surface area contributed by atoms with Gasteiger partial charge in [0.25, 0.3) is 10.0 Å². The highest BCUT2D eigenvalue weighted by molar-refractivity contribution is 7.91. The number of sulfonamides is 1. The molecule has 4 heterocycles. The first kappa shape index (κ1) is 18.1. The summed E-state index contributed by atoms with van der Waals surface area (Å²) < 4.78 is 33.0. The molecule has 7 nitrogen and oxygen atoms in total. The van der Waals surface area contributed by atoms with E-state index in [0.29, 0.717) is 23.8 Å². The fraction of sp³-hybridized carbons (Fsp3) is 0.368. The molecule has 1 saturated heterocycles. The number of H-pyrrole nitrogens is 1. The number of aliphatic hydroxyl groups is 1. The number of aromatic amines is 1. The largest absolute Gasteiger partial charge is 0.497 e. The van der Waals surface area contributed by atoms with Gasteiger partial charge in [0.1, 0.15) is 9.96 Å². The predicted octanol–water partition coefficient (Wildman–Crippen LogP) is 1.82. The van der Waals surface area contributed by atoms with Crippen LogP contribution < -0.4 is 10.1 Å². The molecule has 5 rings (SSSR count). The van der Waals surface area contributed by atoms with Gasteiger partial charge in [-0.05, 0) is 29.1 Å². The van der Waals surface area contributed by atoms with Crippen molar-refractivity contribution in [3.05, 3.63) is 47.0 Å². The quantitative estimate of drug-likeness (QED) is 0.600. The van der Waals surface area contributed by atoms with Crippen molar-refractivity contribution in [3.8, 4) is 5.75 Å². The number of benzene rings is 1. The highest BCUT2D eigenvalue weighted by Gasteiger charge is 2.54. The topological polar surface area (TPSA) is 94.7 Å². The molecule has 1 aromatic carbocycles. The van der Waals surface area contributed by atoms with Gasteiger partial charge in [0.2, 0.25) is 0 Å². The Labute approximate surface area is 167 Å². The number of aromatic nitrogens is 1. The monoisotopic (exact) mass is 419 g/mol. The van der Waals surface area contributed by atoms with E-state index in [1.54, 1.807) is 28.9 Å². The molecule has 3 aromatic rings. The molecular formula is C19H21N3O4S2. The lowest BCUT2D eigenvalue weighted by Crippen LogP contribution is -2.66. The van der Waals surface area contributed by atoms with Gasteiger partial charge in [-0.1, -0.05) is 6.07 Å². The van der Waals surface area contributed by atoms with Crippen LogP contribution in [0.15, 0.2) is 39.9 Å². The molecule has 0 amide bonds. The van der Waals surface area contributed by atoms with Crippen molar-refractivity contribution in [3.63, 3.8) is 0 Å². The smallest absolute Gasteiger partial charge is 0.252 e.